The van der Waals surface area contributed by atoms with Crippen molar-refractivity contribution >= 4 is 33.0 Å². The molecular formula is C22H29FN4O3S. The fourth-order valence-corrected chi connectivity index (χ4v) is 4.92. The summed E-state index contributed by atoms with van der Waals surface area (Å²) in [6, 6.07) is 11.9. The first-order valence-corrected chi connectivity index (χ1v) is 12.1. The molecule has 0 radical (unpaired) electrons. The van der Waals surface area contributed by atoms with E-state index in [0.717, 1.165) is 42.4 Å². The number of benzene rings is 2. The zero-order chi connectivity index (χ0) is 22.6. The van der Waals surface area contributed by atoms with Crippen LogP contribution in [0.5, 0.6) is 0 Å². The van der Waals surface area contributed by atoms with Gasteiger partial charge < -0.3 is 15.1 Å². The number of halogens is 1. The van der Waals surface area contributed by atoms with E-state index in [4.69, 9.17) is 0 Å². The van der Waals surface area contributed by atoms with Crippen LogP contribution in [0.25, 0.3) is 0 Å². The van der Waals surface area contributed by atoms with Crippen LogP contribution in [0.3, 0.4) is 0 Å². The molecule has 1 unspecified atom stereocenters. The number of anilines is 3. The SMILES string of the molecule is CCC(C(=O)Nc1ccc(N2CCN(C)CC2)cc1)N(c1ccccc1F)S(C)(=O)=O. The lowest BCUT2D eigenvalue weighted by Crippen LogP contribution is -2.47. The highest BCUT2D eigenvalue weighted by Crippen LogP contribution is 2.26. The topological polar surface area (TPSA) is 73.0 Å². The third kappa shape index (κ3) is 5.54. The van der Waals surface area contributed by atoms with Crippen LogP contribution in [-0.2, 0) is 14.8 Å². The molecule has 1 heterocycles. The number of hydrogen-bond acceptors (Lipinski definition) is 5. The number of carbonyl (C=O) groups is 1. The van der Waals surface area contributed by atoms with Gasteiger partial charge in [0.1, 0.15) is 11.9 Å². The summed E-state index contributed by atoms with van der Waals surface area (Å²) < 4.78 is 40.1. The van der Waals surface area contributed by atoms with Crippen molar-refractivity contribution in [1.82, 2.24) is 4.90 Å². The van der Waals surface area contributed by atoms with Crippen LogP contribution in [0.1, 0.15) is 13.3 Å². The van der Waals surface area contributed by atoms with Crippen molar-refractivity contribution in [3.8, 4) is 0 Å². The predicted molar refractivity (Wildman–Crippen MR) is 123 cm³/mol. The maximum atomic E-state index is 14.4. The third-order valence-electron chi connectivity index (χ3n) is 5.42. The predicted octanol–water partition coefficient (Wildman–Crippen LogP) is 2.76. The highest BCUT2D eigenvalue weighted by Gasteiger charge is 2.33. The number of piperazine rings is 1. The summed E-state index contributed by atoms with van der Waals surface area (Å²) >= 11 is 0. The zero-order valence-electron chi connectivity index (χ0n) is 18.1. The third-order valence-corrected chi connectivity index (χ3v) is 6.59. The Labute approximate surface area is 183 Å². The van der Waals surface area contributed by atoms with Crippen LogP contribution in [0.2, 0.25) is 0 Å². The number of para-hydroxylation sites is 1. The Morgan fingerprint density at radius 3 is 2.26 bits per heavy atom. The molecule has 0 bridgehead atoms. The van der Waals surface area contributed by atoms with E-state index in [0.29, 0.717) is 5.69 Å². The molecule has 0 aromatic heterocycles. The Morgan fingerprint density at radius 2 is 1.71 bits per heavy atom. The number of nitrogens with one attached hydrogen (secondary N) is 1. The van der Waals surface area contributed by atoms with E-state index in [1.807, 2.05) is 12.1 Å². The lowest BCUT2D eigenvalue weighted by atomic mass is 10.1. The van der Waals surface area contributed by atoms with Gasteiger partial charge in [-0.1, -0.05) is 19.1 Å². The molecule has 0 aliphatic carbocycles. The number of sulfonamides is 1. The molecule has 1 aliphatic rings. The average Bonchev–Trinajstić information content (AvgIpc) is 2.73. The van der Waals surface area contributed by atoms with E-state index in [2.05, 4.69) is 22.2 Å². The summed E-state index contributed by atoms with van der Waals surface area (Å²) in [4.78, 5) is 17.5. The first-order chi connectivity index (χ1) is 14.7. The molecule has 1 N–H and O–H groups in total. The molecular weight excluding hydrogens is 419 g/mol. The van der Waals surface area contributed by atoms with Gasteiger partial charge in [0.2, 0.25) is 15.9 Å². The number of likely N-dealkylation sites (N-methyl/N-ethyl adjacent to an activating group) is 1. The molecule has 1 saturated heterocycles. The van der Waals surface area contributed by atoms with Crippen LogP contribution in [0, 0.1) is 5.82 Å². The van der Waals surface area contributed by atoms with Crippen molar-refractivity contribution in [2.24, 2.45) is 0 Å². The van der Waals surface area contributed by atoms with E-state index >= 15 is 0 Å². The second kappa shape index (κ2) is 9.65. The van der Waals surface area contributed by atoms with Gasteiger partial charge in [0.05, 0.1) is 11.9 Å². The fourth-order valence-electron chi connectivity index (χ4n) is 3.71. The highest BCUT2D eigenvalue weighted by molar-refractivity contribution is 7.92. The lowest BCUT2D eigenvalue weighted by molar-refractivity contribution is -0.117. The summed E-state index contributed by atoms with van der Waals surface area (Å²) in [5.74, 6) is -1.21. The lowest BCUT2D eigenvalue weighted by Gasteiger charge is -2.34. The molecule has 1 amide bonds. The van der Waals surface area contributed by atoms with E-state index in [1.54, 1.807) is 19.1 Å². The Bertz CT molecular complexity index is 1010. The van der Waals surface area contributed by atoms with Gasteiger partial charge in [-0.3, -0.25) is 9.10 Å². The first kappa shape index (κ1) is 23.0. The van der Waals surface area contributed by atoms with Gasteiger partial charge in [-0.05, 0) is 49.9 Å². The molecule has 2 aromatic rings. The van der Waals surface area contributed by atoms with E-state index in [1.165, 1.54) is 24.3 Å². The van der Waals surface area contributed by atoms with Crippen LogP contribution >= 0.6 is 0 Å². The zero-order valence-corrected chi connectivity index (χ0v) is 18.9. The molecule has 31 heavy (non-hydrogen) atoms. The number of nitrogens with zero attached hydrogens (tertiary/aromatic N) is 3. The quantitative estimate of drug-likeness (QED) is 0.705. The number of hydrogen-bond donors (Lipinski definition) is 1. The van der Waals surface area contributed by atoms with Crippen LogP contribution < -0.4 is 14.5 Å². The van der Waals surface area contributed by atoms with Crippen LogP contribution in [0.4, 0.5) is 21.5 Å². The van der Waals surface area contributed by atoms with Gasteiger partial charge >= 0.3 is 0 Å². The van der Waals surface area contributed by atoms with Gasteiger partial charge in [0.25, 0.3) is 0 Å². The smallest absolute Gasteiger partial charge is 0.248 e. The molecule has 2 aromatic carbocycles. The van der Waals surface area contributed by atoms with Crippen LogP contribution in [0.15, 0.2) is 48.5 Å². The Balaban J connectivity index is 1.77. The van der Waals surface area contributed by atoms with Gasteiger partial charge in [-0.25, -0.2) is 12.8 Å². The maximum absolute atomic E-state index is 14.4. The largest absolute Gasteiger partial charge is 0.369 e. The van der Waals surface area contributed by atoms with Gasteiger partial charge in [-0.15, -0.1) is 0 Å². The molecule has 9 heteroatoms. The first-order valence-electron chi connectivity index (χ1n) is 10.3. The average molecular weight is 449 g/mol. The van der Waals surface area contributed by atoms with E-state index in [-0.39, 0.29) is 12.1 Å². The Kier molecular flexibility index (Phi) is 7.17. The molecule has 168 valence electrons. The summed E-state index contributed by atoms with van der Waals surface area (Å²) in [6.45, 7) is 5.56. The van der Waals surface area contributed by atoms with Crippen molar-refractivity contribution in [3.63, 3.8) is 0 Å². The highest BCUT2D eigenvalue weighted by atomic mass is 32.2. The van der Waals surface area contributed by atoms with Crippen molar-refractivity contribution in [1.29, 1.82) is 0 Å². The minimum Gasteiger partial charge on any atom is -0.369 e. The number of rotatable bonds is 7. The summed E-state index contributed by atoms with van der Waals surface area (Å²) in [5.41, 5.74) is 1.49. The monoisotopic (exact) mass is 448 g/mol. The molecule has 1 aliphatic heterocycles. The number of amides is 1. The molecule has 7 nitrogen and oxygen atoms in total. The second-order valence-electron chi connectivity index (χ2n) is 7.76. The maximum Gasteiger partial charge on any atom is 0.248 e. The van der Waals surface area contributed by atoms with Crippen molar-refractivity contribution in [2.45, 2.75) is 19.4 Å². The number of carbonyl (C=O) groups excluding carboxylic acids is 1. The van der Waals surface area contributed by atoms with E-state index in [9.17, 15) is 17.6 Å². The fraction of sp³-hybridized carbons (Fsp3) is 0.409. The van der Waals surface area contributed by atoms with Gasteiger partial charge in [-0.2, -0.15) is 0 Å². The Morgan fingerprint density at radius 1 is 1.10 bits per heavy atom. The van der Waals surface area contributed by atoms with Gasteiger partial charge in [0.15, 0.2) is 0 Å². The van der Waals surface area contributed by atoms with Gasteiger partial charge in [0, 0.05) is 37.6 Å². The van der Waals surface area contributed by atoms with Crippen molar-refractivity contribution in [2.75, 3.05) is 54.0 Å². The molecule has 3 rings (SSSR count). The standard InChI is InChI=1S/C22H29FN4O3S/c1-4-20(27(31(3,29)30)21-8-6-5-7-19(21)23)22(28)24-17-9-11-18(12-10-17)26-15-13-25(2)14-16-26/h5-12,20H,4,13-16H2,1-3H3,(H,24,28). The molecule has 0 saturated carbocycles. The minimum atomic E-state index is -3.89. The van der Waals surface area contributed by atoms with Crippen LogP contribution in [-0.4, -0.2) is 64.7 Å². The molecule has 0 spiro atoms. The Hall–Kier alpha value is -2.65. The summed E-state index contributed by atoms with van der Waals surface area (Å²) in [5, 5.41) is 2.78. The van der Waals surface area contributed by atoms with Crippen molar-refractivity contribution in [3.05, 3.63) is 54.3 Å². The summed E-state index contributed by atoms with van der Waals surface area (Å²) in [6.07, 6.45) is 1.16. The molecule has 1 atom stereocenters. The normalized spacial score (nSPS) is 16.1. The summed E-state index contributed by atoms with van der Waals surface area (Å²) in [7, 11) is -1.79. The molecule has 1 fully saturated rings. The second-order valence-corrected chi connectivity index (χ2v) is 9.62. The van der Waals surface area contributed by atoms with Crippen molar-refractivity contribution < 1.29 is 17.6 Å². The minimum absolute atomic E-state index is 0.141. The van der Waals surface area contributed by atoms with E-state index < -0.39 is 27.8 Å².